The number of carbonyl (C=O) groups excluding carboxylic acids is 1. The molecule has 1 saturated heterocycles. The van der Waals surface area contributed by atoms with Crippen LogP contribution in [0, 0.1) is 5.82 Å². The van der Waals surface area contributed by atoms with Crippen molar-refractivity contribution in [2.75, 3.05) is 13.1 Å². The third-order valence-electron chi connectivity index (χ3n) is 3.21. The van der Waals surface area contributed by atoms with Crippen molar-refractivity contribution in [2.24, 2.45) is 0 Å². The number of rotatable bonds is 3. The fourth-order valence-corrected chi connectivity index (χ4v) is 2.12. The summed E-state index contributed by atoms with van der Waals surface area (Å²) in [4.78, 5) is 11.8. The molecule has 1 aromatic carbocycles. The van der Waals surface area contributed by atoms with Crippen LogP contribution in [-0.2, 0) is 0 Å². The maximum Gasteiger partial charge on any atom is 0.254 e. The van der Waals surface area contributed by atoms with Crippen LogP contribution in [0.15, 0.2) is 24.3 Å². The summed E-state index contributed by atoms with van der Waals surface area (Å²) >= 11 is 0. The van der Waals surface area contributed by atoms with Gasteiger partial charge in [-0.25, -0.2) is 4.39 Å². The van der Waals surface area contributed by atoms with E-state index in [1.54, 1.807) is 12.1 Å². The largest absolute Gasteiger partial charge is 0.350 e. The Kier molecular flexibility index (Phi) is 3.43. The molecular weight excluding hydrogens is 219 g/mol. The highest BCUT2D eigenvalue weighted by Gasteiger charge is 2.28. The van der Waals surface area contributed by atoms with E-state index in [2.05, 4.69) is 17.6 Å². The first-order valence-corrected chi connectivity index (χ1v) is 5.88. The molecule has 1 heterocycles. The van der Waals surface area contributed by atoms with E-state index >= 15 is 0 Å². The summed E-state index contributed by atoms with van der Waals surface area (Å²) in [6.45, 7) is 3.58. The Morgan fingerprint density at radius 2 is 2.29 bits per heavy atom. The monoisotopic (exact) mass is 236 g/mol. The Morgan fingerprint density at radius 3 is 2.94 bits per heavy atom. The Morgan fingerprint density at radius 1 is 1.53 bits per heavy atom. The second-order valence-electron chi connectivity index (χ2n) is 4.75. The van der Waals surface area contributed by atoms with Crippen molar-refractivity contribution in [1.29, 1.82) is 0 Å². The van der Waals surface area contributed by atoms with Crippen LogP contribution in [0.3, 0.4) is 0 Å². The normalized spacial score (nSPS) is 23.6. The summed E-state index contributed by atoms with van der Waals surface area (Å²) in [5.74, 6) is -0.826. The van der Waals surface area contributed by atoms with E-state index in [0.717, 1.165) is 19.4 Å². The second-order valence-corrected chi connectivity index (χ2v) is 4.75. The molecule has 0 saturated carbocycles. The fraction of sp³-hybridized carbons (Fsp3) is 0.462. The van der Waals surface area contributed by atoms with Crippen molar-refractivity contribution in [3.8, 4) is 0 Å². The Labute approximate surface area is 100 Å². The Hall–Kier alpha value is -1.42. The van der Waals surface area contributed by atoms with Crippen molar-refractivity contribution < 1.29 is 9.18 Å². The van der Waals surface area contributed by atoms with Gasteiger partial charge in [0, 0.05) is 12.1 Å². The van der Waals surface area contributed by atoms with E-state index in [1.807, 2.05) is 0 Å². The molecule has 1 amide bonds. The van der Waals surface area contributed by atoms with Gasteiger partial charge in [-0.05, 0) is 38.4 Å². The van der Waals surface area contributed by atoms with Gasteiger partial charge in [0.15, 0.2) is 0 Å². The highest BCUT2D eigenvalue weighted by atomic mass is 19.1. The Balaban J connectivity index is 1.96. The van der Waals surface area contributed by atoms with Crippen LogP contribution in [0.5, 0.6) is 0 Å². The van der Waals surface area contributed by atoms with Crippen LogP contribution < -0.4 is 10.6 Å². The third kappa shape index (κ3) is 2.82. The van der Waals surface area contributed by atoms with Gasteiger partial charge in [-0.3, -0.25) is 4.79 Å². The summed E-state index contributed by atoms with van der Waals surface area (Å²) in [5, 5.41) is 6.13. The molecule has 4 heteroatoms. The smallest absolute Gasteiger partial charge is 0.254 e. The van der Waals surface area contributed by atoms with Crippen molar-refractivity contribution >= 4 is 5.91 Å². The highest BCUT2D eigenvalue weighted by Crippen LogP contribution is 2.17. The first kappa shape index (κ1) is 12.0. The highest BCUT2D eigenvalue weighted by molar-refractivity contribution is 5.94. The lowest BCUT2D eigenvalue weighted by molar-refractivity contribution is 0.0938. The summed E-state index contributed by atoms with van der Waals surface area (Å²) in [6, 6.07) is 6.03. The SMILES string of the molecule is CC1(CNC(=O)c2ccccc2F)CCCN1. The molecule has 1 aliphatic heterocycles. The van der Waals surface area contributed by atoms with Crippen LogP contribution in [0.1, 0.15) is 30.1 Å². The number of nitrogens with one attached hydrogen (secondary N) is 2. The first-order chi connectivity index (χ1) is 8.11. The number of benzene rings is 1. The molecule has 92 valence electrons. The lowest BCUT2D eigenvalue weighted by Crippen LogP contribution is -2.47. The zero-order valence-corrected chi connectivity index (χ0v) is 9.92. The number of carbonyl (C=O) groups is 1. The summed E-state index contributed by atoms with van der Waals surface area (Å²) < 4.78 is 13.4. The fourth-order valence-electron chi connectivity index (χ4n) is 2.12. The van der Waals surface area contributed by atoms with Gasteiger partial charge in [0.25, 0.3) is 5.91 Å². The number of amides is 1. The van der Waals surface area contributed by atoms with Gasteiger partial charge in [0.05, 0.1) is 5.56 Å². The Bertz CT molecular complexity index is 414. The molecular formula is C13H17FN2O. The maximum absolute atomic E-state index is 13.4. The summed E-state index contributed by atoms with van der Waals surface area (Å²) in [6.07, 6.45) is 2.15. The third-order valence-corrected chi connectivity index (χ3v) is 3.21. The molecule has 1 atom stereocenters. The first-order valence-electron chi connectivity index (χ1n) is 5.88. The van der Waals surface area contributed by atoms with E-state index in [1.165, 1.54) is 12.1 Å². The average molecular weight is 236 g/mol. The van der Waals surface area contributed by atoms with Crippen LogP contribution in [-0.4, -0.2) is 24.5 Å². The minimum atomic E-state index is -0.477. The molecule has 1 aliphatic rings. The molecule has 2 N–H and O–H groups in total. The lowest BCUT2D eigenvalue weighted by atomic mass is 10.0. The number of hydrogen-bond donors (Lipinski definition) is 2. The topological polar surface area (TPSA) is 41.1 Å². The molecule has 1 fully saturated rings. The van der Waals surface area contributed by atoms with E-state index in [4.69, 9.17) is 0 Å². The van der Waals surface area contributed by atoms with E-state index in [0.29, 0.717) is 6.54 Å². The molecule has 0 spiro atoms. The van der Waals surface area contributed by atoms with Gasteiger partial charge in [0.2, 0.25) is 0 Å². The van der Waals surface area contributed by atoms with Gasteiger partial charge in [-0.1, -0.05) is 12.1 Å². The summed E-state index contributed by atoms with van der Waals surface area (Å²) in [5.41, 5.74) is 0.0510. The second kappa shape index (κ2) is 4.84. The molecule has 0 radical (unpaired) electrons. The van der Waals surface area contributed by atoms with Crippen molar-refractivity contribution in [2.45, 2.75) is 25.3 Å². The van der Waals surface area contributed by atoms with E-state index in [9.17, 15) is 9.18 Å². The molecule has 3 nitrogen and oxygen atoms in total. The molecule has 0 aromatic heterocycles. The van der Waals surface area contributed by atoms with Crippen LogP contribution in [0.4, 0.5) is 4.39 Å². The molecule has 0 aliphatic carbocycles. The standard InChI is InChI=1S/C13H17FN2O/c1-13(7-4-8-16-13)9-15-12(17)10-5-2-3-6-11(10)14/h2-3,5-6,16H,4,7-9H2,1H3,(H,15,17). The lowest BCUT2D eigenvalue weighted by Gasteiger charge is -2.24. The van der Waals surface area contributed by atoms with Crippen molar-refractivity contribution in [1.82, 2.24) is 10.6 Å². The molecule has 1 aromatic rings. The average Bonchev–Trinajstić information content (AvgIpc) is 2.74. The predicted octanol–water partition coefficient (Wildman–Crippen LogP) is 1.70. The van der Waals surface area contributed by atoms with Gasteiger partial charge < -0.3 is 10.6 Å². The van der Waals surface area contributed by atoms with E-state index in [-0.39, 0.29) is 17.0 Å². The van der Waals surface area contributed by atoms with Crippen LogP contribution in [0.2, 0.25) is 0 Å². The zero-order valence-electron chi connectivity index (χ0n) is 9.92. The molecule has 2 rings (SSSR count). The quantitative estimate of drug-likeness (QED) is 0.838. The van der Waals surface area contributed by atoms with Gasteiger partial charge in [-0.15, -0.1) is 0 Å². The zero-order chi connectivity index (χ0) is 12.3. The van der Waals surface area contributed by atoms with E-state index < -0.39 is 5.82 Å². The molecule has 17 heavy (non-hydrogen) atoms. The summed E-state index contributed by atoms with van der Waals surface area (Å²) in [7, 11) is 0. The maximum atomic E-state index is 13.4. The van der Waals surface area contributed by atoms with Crippen LogP contribution >= 0.6 is 0 Å². The van der Waals surface area contributed by atoms with Gasteiger partial charge >= 0.3 is 0 Å². The molecule has 0 bridgehead atoms. The van der Waals surface area contributed by atoms with Gasteiger partial charge in [-0.2, -0.15) is 0 Å². The minimum absolute atomic E-state index is 0.0546. The predicted molar refractivity (Wildman–Crippen MR) is 64.4 cm³/mol. The minimum Gasteiger partial charge on any atom is -0.350 e. The van der Waals surface area contributed by atoms with Gasteiger partial charge in [0.1, 0.15) is 5.82 Å². The van der Waals surface area contributed by atoms with Crippen molar-refractivity contribution in [3.63, 3.8) is 0 Å². The molecule has 1 unspecified atom stereocenters. The van der Waals surface area contributed by atoms with Crippen LogP contribution in [0.25, 0.3) is 0 Å². The number of halogens is 1. The number of hydrogen-bond acceptors (Lipinski definition) is 2. The van der Waals surface area contributed by atoms with Crippen molar-refractivity contribution in [3.05, 3.63) is 35.6 Å².